The monoisotopic (exact) mass is 582 g/mol. The standard InChI is InChI=1S/C32H46N4O6/c1-32(2,3)42-31(40)33-21-12-14-22(15-13-21)35(18-7-9-23-8-4-5-19-41-23)26-11-6-10-24-25(26)20-36(30(24)39)27-16-17-28(37)34-29(27)38/h6,10-11,21-23,27H,4-5,7-9,12-20H2,1-3H3,(H,33,40)(H,34,37,38). The van der Waals surface area contributed by atoms with Gasteiger partial charge < -0.3 is 24.6 Å². The summed E-state index contributed by atoms with van der Waals surface area (Å²) in [6.07, 6.45) is 9.48. The van der Waals surface area contributed by atoms with Gasteiger partial charge in [0.2, 0.25) is 11.8 Å². The molecule has 2 unspecified atom stereocenters. The molecule has 5 rings (SSSR count). The first-order valence-corrected chi connectivity index (χ1v) is 15.7. The normalized spacial score (nSPS) is 26.5. The van der Waals surface area contributed by atoms with Crippen LogP contribution in [0.25, 0.3) is 0 Å². The number of carbonyl (C=O) groups is 4. The Bertz CT molecular complexity index is 1170. The number of nitrogens with zero attached hydrogens (tertiary/aromatic N) is 2. The van der Waals surface area contributed by atoms with Gasteiger partial charge in [0.1, 0.15) is 11.6 Å². The van der Waals surface area contributed by atoms with Crippen LogP contribution < -0.4 is 15.5 Å². The molecule has 3 fully saturated rings. The minimum atomic E-state index is -0.637. The van der Waals surface area contributed by atoms with E-state index in [9.17, 15) is 19.2 Å². The van der Waals surface area contributed by atoms with E-state index in [4.69, 9.17) is 9.47 Å². The van der Waals surface area contributed by atoms with Crippen LogP contribution in [0.1, 0.15) is 107 Å². The molecular weight excluding hydrogens is 536 g/mol. The topological polar surface area (TPSA) is 117 Å². The lowest BCUT2D eigenvalue weighted by molar-refractivity contribution is -0.136. The van der Waals surface area contributed by atoms with E-state index >= 15 is 0 Å². The first-order valence-electron chi connectivity index (χ1n) is 15.7. The number of carbonyl (C=O) groups excluding carboxylic acids is 4. The van der Waals surface area contributed by atoms with E-state index in [0.717, 1.165) is 75.8 Å². The highest BCUT2D eigenvalue weighted by Crippen LogP contribution is 2.37. The number of nitrogens with one attached hydrogen (secondary N) is 2. The number of fused-ring (bicyclic) bond motifs is 1. The van der Waals surface area contributed by atoms with Gasteiger partial charge in [-0.25, -0.2) is 4.79 Å². The van der Waals surface area contributed by atoms with Crippen LogP contribution in [0.3, 0.4) is 0 Å². The Morgan fingerprint density at radius 3 is 2.57 bits per heavy atom. The molecule has 0 aromatic heterocycles. The third kappa shape index (κ3) is 7.25. The van der Waals surface area contributed by atoms with Gasteiger partial charge in [0.25, 0.3) is 5.91 Å². The van der Waals surface area contributed by atoms with Crippen molar-refractivity contribution in [2.75, 3.05) is 18.1 Å². The minimum absolute atomic E-state index is 0.0691. The van der Waals surface area contributed by atoms with Crippen LogP contribution >= 0.6 is 0 Å². The Labute approximate surface area is 248 Å². The molecular formula is C32H46N4O6. The van der Waals surface area contributed by atoms with E-state index in [1.54, 1.807) is 4.90 Å². The molecule has 10 nitrogen and oxygen atoms in total. The van der Waals surface area contributed by atoms with Crippen molar-refractivity contribution < 1.29 is 28.7 Å². The van der Waals surface area contributed by atoms with Gasteiger partial charge in [0, 0.05) is 55.0 Å². The number of rotatable bonds is 8. The summed E-state index contributed by atoms with van der Waals surface area (Å²) >= 11 is 0. The Balaban J connectivity index is 1.31. The first kappa shape index (κ1) is 30.3. The number of hydrogen-bond acceptors (Lipinski definition) is 7. The second kappa shape index (κ2) is 13.0. The lowest BCUT2D eigenvalue weighted by Gasteiger charge is -2.40. The van der Waals surface area contributed by atoms with E-state index in [-0.39, 0.29) is 36.4 Å². The summed E-state index contributed by atoms with van der Waals surface area (Å²) in [5, 5.41) is 5.45. The molecule has 1 aliphatic carbocycles. The quantitative estimate of drug-likeness (QED) is 0.435. The lowest BCUT2D eigenvalue weighted by Crippen LogP contribution is -2.52. The lowest BCUT2D eigenvalue weighted by atomic mass is 9.89. The second-order valence-electron chi connectivity index (χ2n) is 13.2. The van der Waals surface area contributed by atoms with Crippen molar-refractivity contribution in [2.45, 2.75) is 128 Å². The van der Waals surface area contributed by atoms with Crippen LogP contribution in [0.5, 0.6) is 0 Å². The molecule has 0 spiro atoms. The molecule has 2 atom stereocenters. The van der Waals surface area contributed by atoms with E-state index in [0.29, 0.717) is 24.6 Å². The van der Waals surface area contributed by atoms with Crippen molar-refractivity contribution in [3.05, 3.63) is 29.3 Å². The number of alkyl carbamates (subject to hydrolysis) is 1. The molecule has 4 amide bonds. The van der Waals surface area contributed by atoms with Crippen molar-refractivity contribution in [3.63, 3.8) is 0 Å². The summed E-state index contributed by atoms with van der Waals surface area (Å²) < 4.78 is 11.5. The molecule has 2 saturated heterocycles. The van der Waals surface area contributed by atoms with Crippen LogP contribution in [-0.2, 0) is 25.6 Å². The maximum Gasteiger partial charge on any atom is 0.407 e. The summed E-state index contributed by atoms with van der Waals surface area (Å²) in [6.45, 7) is 7.64. The van der Waals surface area contributed by atoms with Crippen molar-refractivity contribution >= 4 is 29.5 Å². The summed E-state index contributed by atoms with van der Waals surface area (Å²) in [5.74, 6) is -0.831. The molecule has 4 aliphatic rings. The zero-order valence-corrected chi connectivity index (χ0v) is 25.3. The van der Waals surface area contributed by atoms with Crippen LogP contribution in [0, 0.1) is 0 Å². The number of piperidine rings is 1. The van der Waals surface area contributed by atoms with E-state index in [1.807, 2.05) is 32.9 Å². The van der Waals surface area contributed by atoms with Crippen molar-refractivity contribution in [1.82, 2.24) is 15.5 Å². The maximum absolute atomic E-state index is 13.5. The van der Waals surface area contributed by atoms with Gasteiger partial charge in [-0.15, -0.1) is 0 Å². The molecule has 2 N–H and O–H groups in total. The van der Waals surface area contributed by atoms with Gasteiger partial charge in [-0.1, -0.05) is 6.07 Å². The van der Waals surface area contributed by atoms with Crippen LogP contribution in [0.2, 0.25) is 0 Å². The zero-order chi connectivity index (χ0) is 29.9. The average Bonchev–Trinajstić information content (AvgIpc) is 3.27. The van der Waals surface area contributed by atoms with E-state index in [1.165, 1.54) is 6.42 Å². The Kier molecular flexibility index (Phi) is 9.40. The fraction of sp³-hybridized carbons (Fsp3) is 0.688. The molecule has 230 valence electrons. The van der Waals surface area contributed by atoms with Crippen molar-refractivity contribution in [2.24, 2.45) is 0 Å². The van der Waals surface area contributed by atoms with Gasteiger partial charge in [0.15, 0.2) is 0 Å². The maximum atomic E-state index is 13.5. The summed E-state index contributed by atoms with van der Waals surface area (Å²) in [5.41, 5.74) is 2.10. The van der Waals surface area contributed by atoms with Gasteiger partial charge >= 0.3 is 6.09 Å². The first-order chi connectivity index (χ1) is 20.1. The smallest absolute Gasteiger partial charge is 0.407 e. The number of ether oxygens (including phenoxy) is 2. The van der Waals surface area contributed by atoms with Crippen molar-refractivity contribution in [1.29, 1.82) is 0 Å². The number of benzene rings is 1. The molecule has 3 heterocycles. The molecule has 0 radical (unpaired) electrons. The predicted molar refractivity (Wildman–Crippen MR) is 158 cm³/mol. The predicted octanol–water partition coefficient (Wildman–Crippen LogP) is 4.44. The van der Waals surface area contributed by atoms with Crippen molar-refractivity contribution in [3.8, 4) is 0 Å². The van der Waals surface area contributed by atoms with E-state index in [2.05, 4.69) is 21.6 Å². The second-order valence-corrected chi connectivity index (χ2v) is 13.2. The average molecular weight is 583 g/mol. The number of imide groups is 1. The van der Waals surface area contributed by atoms with Gasteiger partial charge in [-0.3, -0.25) is 19.7 Å². The molecule has 0 bridgehead atoms. The van der Waals surface area contributed by atoms with Crippen LogP contribution in [-0.4, -0.2) is 71.7 Å². The molecule has 10 heteroatoms. The molecule has 42 heavy (non-hydrogen) atoms. The summed E-state index contributed by atoms with van der Waals surface area (Å²) in [6, 6.07) is 5.58. The zero-order valence-electron chi connectivity index (χ0n) is 25.3. The highest BCUT2D eigenvalue weighted by atomic mass is 16.6. The number of hydrogen-bond donors (Lipinski definition) is 2. The van der Waals surface area contributed by atoms with Gasteiger partial charge in [-0.2, -0.15) is 0 Å². The molecule has 1 aromatic rings. The SMILES string of the molecule is CC(C)(C)OC(=O)NC1CCC(N(CCCC2CCCCO2)c2cccc3c2CN(C2CCC(=O)NC2=O)C3=O)CC1. The fourth-order valence-electron chi connectivity index (χ4n) is 6.87. The van der Waals surface area contributed by atoms with E-state index < -0.39 is 17.6 Å². The van der Waals surface area contributed by atoms with Gasteiger partial charge in [0.05, 0.1) is 6.10 Å². The Morgan fingerprint density at radius 1 is 1.10 bits per heavy atom. The van der Waals surface area contributed by atoms with Gasteiger partial charge in [-0.05, 0) is 97.1 Å². The minimum Gasteiger partial charge on any atom is -0.444 e. The fourth-order valence-corrected chi connectivity index (χ4v) is 6.87. The Morgan fingerprint density at radius 2 is 1.88 bits per heavy atom. The summed E-state index contributed by atoms with van der Waals surface area (Å²) in [4.78, 5) is 54.4. The third-order valence-corrected chi connectivity index (χ3v) is 8.92. The molecule has 1 aromatic carbocycles. The highest BCUT2D eigenvalue weighted by Gasteiger charge is 2.41. The van der Waals surface area contributed by atoms with Crippen LogP contribution in [0.4, 0.5) is 10.5 Å². The van der Waals surface area contributed by atoms with Crippen LogP contribution in [0.15, 0.2) is 18.2 Å². The molecule has 3 aliphatic heterocycles. The Hall–Kier alpha value is -3.14. The third-order valence-electron chi connectivity index (χ3n) is 8.92. The largest absolute Gasteiger partial charge is 0.444 e. The summed E-state index contributed by atoms with van der Waals surface area (Å²) in [7, 11) is 0. The number of amides is 4. The number of anilines is 1. The highest BCUT2D eigenvalue weighted by molar-refractivity contribution is 6.06. The molecule has 1 saturated carbocycles.